The summed E-state index contributed by atoms with van der Waals surface area (Å²) in [7, 11) is 1.74. The molecule has 0 radical (unpaired) electrons. The van der Waals surface area contributed by atoms with Crippen molar-refractivity contribution in [3.8, 4) is 10.4 Å². The zero-order chi connectivity index (χ0) is 14.4. The molecule has 2 nitrogen and oxygen atoms in total. The van der Waals surface area contributed by atoms with Gasteiger partial charge in [0, 0.05) is 34.8 Å². The fourth-order valence-corrected chi connectivity index (χ4v) is 4.77. The summed E-state index contributed by atoms with van der Waals surface area (Å²) < 4.78 is 8.95. The third kappa shape index (κ3) is 2.12. The van der Waals surface area contributed by atoms with Crippen LogP contribution in [-0.4, -0.2) is 11.7 Å². The van der Waals surface area contributed by atoms with Gasteiger partial charge in [0.2, 0.25) is 0 Å². The Morgan fingerprint density at radius 2 is 2.24 bits per heavy atom. The molecule has 0 bridgehead atoms. The van der Waals surface area contributed by atoms with Gasteiger partial charge in [-0.15, -0.1) is 11.3 Å². The molecule has 0 aromatic carbocycles. The smallest absolute Gasteiger partial charge is 0.129 e. The first-order chi connectivity index (χ1) is 10.3. The first kappa shape index (κ1) is 13.4. The van der Waals surface area contributed by atoms with E-state index in [0.717, 1.165) is 16.8 Å². The molecule has 2 aliphatic rings. The molecule has 4 heteroatoms. The summed E-state index contributed by atoms with van der Waals surface area (Å²) in [6, 6.07) is 6.60. The van der Waals surface area contributed by atoms with Gasteiger partial charge in [-0.25, -0.2) is 0 Å². The number of allylic oxidation sites excluding steroid dienone is 3. The van der Waals surface area contributed by atoms with Gasteiger partial charge in [0.25, 0.3) is 0 Å². The van der Waals surface area contributed by atoms with Gasteiger partial charge in [-0.3, -0.25) is 0 Å². The summed E-state index contributed by atoms with van der Waals surface area (Å²) in [4.78, 5) is 1.36. The minimum Gasteiger partial charge on any atom is -0.496 e. The molecule has 0 N–H and O–H groups in total. The normalized spacial score (nSPS) is 23.9. The molecule has 1 aliphatic heterocycles. The molecule has 0 saturated heterocycles. The topological polar surface area (TPSA) is 14.2 Å². The highest BCUT2D eigenvalue weighted by atomic mass is 79.9. The van der Waals surface area contributed by atoms with E-state index in [0.29, 0.717) is 11.8 Å². The van der Waals surface area contributed by atoms with Crippen LogP contribution >= 0.6 is 27.3 Å². The predicted molar refractivity (Wildman–Crippen MR) is 90.7 cm³/mol. The van der Waals surface area contributed by atoms with Crippen molar-refractivity contribution in [3.05, 3.63) is 57.9 Å². The van der Waals surface area contributed by atoms with Crippen LogP contribution in [0.3, 0.4) is 0 Å². The van der Waals surface area contributed by atoms with Crippen LogP contribution in [-0.2, 0) is 11.3 Å². The second-order valence-corrected chi connectivity index (χ2v) is 7.32. The number of rotatable bonds is 2. The number of halogens is 1. The Labute approximate surface area is 136 Å². The summed E-state index contributed by atoms with van der Waals surface area (Å²) in [5.74, 6) is 1.93. The molecule has 0 spiro atoms. The van der Waals surface area contributed by atoms with Gasteiger partial charge in [0.15, 0.2) is 0 Å². The molecule has 108 valence electrons. The van der Waals surface area contributed by atoms with Crippen molar-refractivity contribution in [1.82, 2.24) is 4.57 Å². The number of nitrogens with zero attached hydrogens (tertiary/aromatic N) is 1. The minimum atomic E-state index is 0.430. The molecule has 0 amide bonds. The Morgan fingerprint density at radius 1 is 1.33 bits per heavy atom. The molecule has 3 heterocycles. The molecule has 2 atom stereocenters. The lowest BCUT2D eigenvalue weighted by Gasteiger charge is -2.33. The van der Waals surface area contributed by atoms with E-state index in [1.807, 2.05) is 11.3 Å². The van der Waals surface area contributed by atoms with Crippen LogP contribution in [0.1, 0.15) is 18.0 Å². The highest BCUT2D eigenvalue weighted by molar-refractivity contribution is 9.11. The van der Waals surface area contributed by atoms with Gasteiger partial charge < -0.3 is 9.30 Å². The van der Waals surface area contributed by atoms with Crippen LogP contribution in [0.5, 0.6) is 0 Å². The minimum absolute atomic E-state index is 0.430. The second kappa shape index (κ2) is 5.18. The average Bonchev–Trinajstić information content (AvgIpc) is 3.15. The first-order valence-corrected chi connectivity index (χ1v) is 8.81. The third-order valence-electron chi connectivity index (χ3n) is 4.42. The van der Waals surface area contributed by atoms with Gasteiger partial charge in [0.1, 0.15) is 5.76 Å². The number of hydrogen-bond donors (Lipinski definition) is 0. The van der Waals surface area contributed by atoms with E-state index in [4.69, 9.17) is 4.74 Å². The number of ether oxygens (including phenoxy) is 1. The van der Waals surface area contributed by atoms with Crippen molar-refractivity contribution >= 4 is 27.3 Å². The molecule has 0 saturated carbocycles. The quantitative estimate of drug-likeness (QED) is 0.721. The Balaban J connectivity index is 1.83. The molecule has 0 fully saturated rings. The zero-order valence-electron chi connectivity index (χ0n) is 11.8. The van der Waals surface area contributed by atoms with Gasteiger partial charge >= 0.3 is 0 Å². The molecular weight excluding hydrogens is 346 g/mol. The Hall–Kier alpha value is -1.26. The summed E-state index contributed by atoms with van der Waals surface area (Å²) in [6.45, 7) is 1.08. The lowest BCUT2D eigenvalue weighted by atomic mass is 9.79. The van der Waals surface area contributed by atoms with Crippen molar-refractivity contribution in [2.45, 2.75) is 18.9 Å². The van der Waals surface area contributed by atoms with Crippen LogP contribution < -0.4 is 0 Å². The molecule has 1 aliphatic carbocycles. The molecule has 4 rings (SSSR count). The SMILES string of the molecule is COC1=CC2CCn3ccc(-c4cccs4)c3C2C=C1Br. The third-order valence-corrected chi connectivity index (χ3v) is 5.98. The van der Waals surface area contributed by atoms with E-state index in [9.17, 15) is 0 Å². The summed E-state index contributed by atoms with van der Waals surface area (Å²) >= 11 is 5.46. The van der Waals surface area contributed by atoms with E-state index in [1.165, 1.54) is 22.6 Å². The lowest BCUT2D eigenvalue weighted by Crippen LogP contribution is -2.24. The summed E-state index contributed by atoms with van der Waals surface area (Å²) in [5.41, 5.74) is 2.82. The van der Waals surface area contributed by atoms with Crippen molar-refractivity contribution in [1.29, 1.82) is 0 Å². The van der Waals surface area contributed by atoms with E-state index in [2.05, 4.69) is 62.4 Å². The average molecular weight is 362 g/mol. The van der Waals surface area contributed by atoms with Gasteiger partial charge in [-0.05, 0) is 51.9 Å². The van der Waals surface area contributed by atoms with Crippen molar-refractivity contribution in [3.63, 3.8) is 0 Å². The van der Waals surface area contributed by atoms with Crippen molar-refractivity contribution < 1.29 is 4.74 Å². The fourth-order valence-electron chi connectivity index (χ4n) is 3.43. The highest BCUT2D eigenvalue weighted by Crippen LogP contribution is 2.46. The number of methoxy groups -OCH3 is 1. The fraction of sp³-hybridized carbons (Fsp3) is 0.294. The monoisotopic (exact) mass is 361 g/mol. The largest absolute Gasteiger partial charge is 0.496 e. The van der Waals surface area contributed by atoms with E-state index in [-0.39, 0.29) is 0 Å². The molecule has 2 aromatic heterocycles. The van der Waals surface area contributed by atoms with Gasteiger partial charge in [-0.1, -0.05) is 12.1 Å². The van der Waals surface area contributed by atoms with E-state index in [1.54, 1.807) is 7.11 Å². The second-order valence-electron chi connectivity index (χ2n) is 5.51. The molecule has 2 aromatic rings. The maximum Gasteiger partial charge on any atom is 0.129 e. The number of aryl methyl sites for hydroxylation is 1. The van der Waals surface area contributed by atoms with Gasteiger partial charge in [-0.2, -0.15) is 0 Å². The summed E-state index contributed by atoms with van der Waals surface area (Å²) in [5, 5.41) is 2.15. The number of aromatic nitrogens is 1. The highest BCUT2D eigenvalue weighted by Gasteiger charge is 2.33. The summed E-state index contributed by atoms with van der Waals surface area (Å²) in [6.07, 6.45) is 7.99. The van der Waals surface area contributed by atoms with Crippen LogP contribution in [0.25, 0.3) is 10.4 Å². The standard InChI is InChI=1S/C17H16BrNOS/c1-20-15-9-11-4-6-19-7-5-12(16-3-2-8-21-16)17(19)13(11)10-14(15)18/h2-3,5,7-11,13H,4,6H2,1H3. The number of fused-ring (bicyclic) bond motifs is 3. The maximum atomic E-state index is 5.47. The molecule has 2 unspecified atom stereocenters. The number of thiophene rings is 1. The van der Waals surface area contributed by atoms with Gasteiger partial charge in [0.05, 0.1) is 11.6 Å². The van der Waals surface area contributed by atoms with Crippen molar-refractivity contribution in [2.24, 2.45) is 5.92 Å². The Morgan fingerprint density at radius 3 is 3.00 bits per heavy atom. The predicted octanol–water partition coefficient (Wildman–Crippen LogP) is 5.14. The zero-order valence-corrected chi connectivity index (χ0v) is 14.2. The van der Waals surface area contributed by atoms with Crippen LogP contribution in [0.2, 0.25) is 0 Å². The Kier molecular flexibility index (Phi) is 3.31. The van der Waals surface area contributed by atoms with E-state index < -0.39 is 0 Å². The molecular formula is C17H16BrNOS. The van der Waals surface area contributed by atoms with E-state index >= 15 is 0 Å². The number of hydrogen-bond acceptors (Lipinski definition) is 2. The lowest BCUT2D eigenvalue weighted by molar-refractivity contribution is 0.289. The Bertz CT molecular complexity index is 726. The molecule has 21 heavy (non-hydrogen) atoms. The van der Waals surface area contributed by atoms with Crippen LogP contribution in [0.4, 0.5) is 0 Å². The maximum absolute atomic E-state index is 5.47. The van der Waals surface area contributed by atoms with Crippen LogP contribution in [0.15, 0.2) is 52.2 Å². The van der Waals surface area contributed by atoms with Crippen LogP contribution in [0, 0.1) is 5.92 Å². The van der Waals surface area contributed by atoms with Crippen molar-refractivity contribution in [2.75, 3.05) is 7.11 Å². The first-order valence-electron chi connectivity index (χ1n) is 7.14.